The Balaban J connectivity index is 2.16. The summed E-state index contributed by atoms with van der Waals surface area (Å²) in [4.78, 5) is 0. The van der Waals surface area contributed by atoms with Crippen molar-refractivity contribution in [3.05, 3.63) is 70.4 Å². The van der Waals surface area contributed by atoms with Gasteiger partial charge in [-0.2, -0.15) is 5.26 Å². The molecule has 3 rings (SSSR count). The van der Waals surface area contributed by atoms with E-state index in [1.807, 2.05) is 6.07 Å². The molecule has 5 heteroatoms. The van der Waals surface area contributed by atoms with E-state index in [-0.39, 0.29) is 16.5 Å². The van der Waals surface area contributed by atoms with Crippen LogP contribution in [0.2, 0.25) is 5.15 Å². The normalized spacial score (nSPS) is 10.8. The Morgan fingerprint density at radius 2 is 1.71 bits per heavy atom. The highest BCUT2D eigenvalue weighted by atomic mass is 35.5. The van der Waals surface area contributed by atoms with Gasteiger partial charge in [0.1, 0.15) is 22.9 Å². The molecule has 1 aromatic heterocycles. The largest absolute Gasteiger partial charge is 0.326 e. The van der Waals surface area contributed by atoms with Crippen LogP contribution in [0.1, 0.15) is 11.1 Å². The van der Waals surface area contributed by atoms with E-state index in [1.54, 1.807) is 22.8 Å². The smallest absolute Gasteiger partial charge is 0.128 e. The second-order valence-electron chi connectivity index (χ2n) is 4.65. The Hall–Kier alpha value is -2.38. The van der Waals surface area contributed by atoms with Crippen LogP contribution in [-0.4, -0.2) is 4.57 Å². The van der Waals surface area contributed by atoms with Crippen LogP contribution in [0.3, 0.4) is 0 Å². The predicted octanol–water partition coefficient (Wildman–Crippen LogP) is 4.49. The third kappa shape index (κ3) is 2.37. The Labute approximate surface area is 124 Å². The average molecular weight is 303 g/mol. The number of nitrogens with zero attached hydrogens (tertiary/aromatic N) is 2. The average Bonchev–Trinajstić information content (AvgIpc) is 2.73. The summed E-state index contributed by atoms with van der Waals surface area (Å²) < 4.78 is 28.0. The number of halogens is 3. The lowest BCUT2D eigenvalue weighted by Gasteiger charge is -2.07. The molecule has 104 valence electrons. The van der Waals surface area contributed by atoms with Gasteiger partial charge < -0.3 is 4.57 Å². The molecule has 0 aliphatic carbocycles. The van der Waals surface area contributed by atoms with Crippen LogP contribution < -0.4 is 0 Å². The number of hydrogen-bond acceptors (Lipinski definition) is 1. The molecule has 21 heavy (non-hydrogen) atoms. The number of benzene rings is 2. The molecule has 3 aromatic rings. The van der Waals surface area contributed by atoms with E-state index in [0.717, 1.165) is 5.56 Å². The molecule has 0 spiro atoms. The summed E-state index contributed by atoms with van der Waals surface area (Å²) >= 11 is 6.23. The Kier molecular flexibility index (Phi) is 3.36. The molecular weight excluding hydrogens is 294 g/mol. The van der Waals surface area contributed by atoms with Crippen LogP contribution in [0.15, 0.2) is 42.5 Å². The van der Waals surface area contributed by atoms with Gasteiger partial charge in [0.15, 0.2) is 0 Å². The first-order valence-electron chi connectivity index (χ1n) is 6.22. The van der Waals surface area contributed by atoms with Crippen molar-refractivity contribution in [2.24, 2.45) is 0 Å². The third-order valence-electron chi connectivity index (χ3n) is 3.33. The molecule has 0 unspecified atom stereocenters. The molecule has 1 heterocycles. The van der Waals surface area contributed by atoms with Gasteiger partial charge in [-0.3, -0.25) is 0 Å². The van der Waals surface area contributed by atoms with E-state index < -0.39 is 5.82 Å². The molecular formula is C16H9ClF2N2. The lowest BCUT2D eigenvalue weighted by molar-refractivity contribution is 0.626. The molecule has 0 aliphatic rings. The van der Waals surface area contributed by atoms with Crippen LogP contribution in [0, 0.1) is 23.0 Å². The fraction of sp³-hybridized carbons (Fsp3) is 0.0625. The van der Waals surface area contributed by atoms with Crippen LogP contribution in [0.5, 0.6) is 0 Å². The minimum Gasteiger partial charge on any atom is -0.326 e. The SMILES string of the molecule is N#Cc1c(Cl)n(Cc2ccc(F)cc2)c2ccc(F)cc12. The summed E-state index contributed by atoms with van der Waals surface area (Å²) in [6, 6.07) is 12.2. The van der Waals surface area contributed by atoms with Gasteiger partial charge in [-0.25, -0.2) is 8.78 Å². The van der Waals surface area contributed by atoms with Gasteiger partial charge in [0.2, 0.25) is 0 Å². The maximum absolute atomic E-state index is 13.4. The highest BCUT2D eigenvalue weighted by Gasteiger charge is 2.16. The van der Waals surface area contributed by atoms with E-state index in [0.29, 0.717) is 17.4 Å². The Morgan fingerprint density at radius 1 is 1.05 bits per heavy atom. The van der Waals surface area contributed by atoms with Gasteiger partial charge in [-0.05, 0) is 35.9 Å². The first-order chi connectivity index (χ1) is 10.1. The van der Waals surface area contributed by atoms with Crippen molar-refractivity contribution in [2.45, 2.75) is 6.54 Å². The number of hydrogen-bond donors (Lipinski definition) is 0. The second kappa shape index (κ2) is 5.19. The summed E-state index contributed by atoms with van der Waals surface area (Å²) in [5.74, 6) is -0.739. The highest BCUT2D eigenvalue weighted by molar-refractivity contribution is 6.32. The van der Waals surface area contributed by atoms with Crippen LogP contribution in [-0.2, 0) is 6.54 Å². The zero-order chi connectivity index (χ0) is 15.0. The number of fused-ring (bicyclic) bond motifs is 1. The molecule has 0 atom stereocenters. The molecule has 0 bridgehead atoms. The fourth-order valence-electron chi connectivity index (χ4n) is 2.33. The van der Waals surface area contributed by atoms with Crippen molar-refractivity contribution < 1.29 is 8.78 Å². The zero-order valence-electron chi connectivity index (χ0n) is 10.8. The molecule has 2 aromatic carbocycles. The number of nitriles is 1. The molecule has 0 radical (unpaired) electrons. The van der Waals surface area contributed by atoms with Gasteiger partial charge in [-0.1, -0.05) is 23.7 Å². The third-order valence-corrected chi connectivity index (χ3v) is 3.72. The van der Waals surface area contributed by atoms with E-state index in [9.17, 15) is 14.0 Å². The number of aromatic nitrogens is 1. The molecule has 0 aliphatic heterocycles. The summed E-state index contributed by atoms with van der Waals surface area (Å²) in [7, 11) is 0. The van der Waals surface area contributed by atoms with Crippen molar-refractivity contribution in [1.29, 1.82) is 5.26 Å². The first-order valence-corrected chi connectivity index (χ1v) is 6.59. The van der Waals surface area contributed by atoms with Crippen molar-refractivity contribution in [1.82, 2.24) is 4.57 Å². The van der Waals surface area contributed by atoms with Crippen molar-refractivity contribution >= 4 is 22.5 Å². The summed E-state index contributed by atoms with van der Waals surface area (Å²) in [5.41, 5.74) is 1.75. The monoisotopic (exact) mass is 302 g/mol. The fourth-order valence-corrected chi connectivity index (χ4v) is 2.62. The molecule has 2 nitrogen and oxygen atoms in total. The van der Waals surface area contributed by atoms with E-state index >= 15 is 0 Å². The standard InChI is InChI=1S/C16H9ClF2N2/c17-16-14(8-20)13-7-12(19)5-6-15(13)21(16)9-10-1-3-11(18)4-2-10/h1-7H,9H2. The zero-order valence-corrected chi connectivity index (χ0v) is 11.5. The maximum atomic E-state index is 13.4. The van der Waals surface area contributed by atoms with Crippen LogP contribution in [0.4, 0.5) is 8.78 Å². The summed E-state index contributed by atoms with van der Waals surface area (Å²) in [6.07, 6.45) is 0. The summed E-state index contributed by atoms with van der Waals surface area (Å²) in [5, 5.41) is 9.93. The minimum absolute atomic E-state index is 0.244. The minimum atomic E-state index is -0.422. The highest BCUT2D eigenvalue weighted by Crippen LogP contribution is 2.30. The lowest BCUT2D eigenvalue weighted by atomic mass is 10.2. The predicted molar refractivity (Wildman–Crippen MR) is 77.1 cm³/mol. The van der Waals surface area contributed by atoms with Crippen LogP contribution >= 0.6 is 11.6 Å². The molecule has 0 amide bonds. The molecule has 0 N–H and O–H groups in total. The maximum Gasteiger partial charge on any atom is 0.128 e. The van der Waals surface area contributed by atoms with Crippen molar-refractivity contribution in [3.63, 3.8) is 0 Å². The van der Waals surface area contributed by atoms with Crippen molar-refractivity contribution in [3.8, 4) is 6.07 Å². The van der Waals surface area contributed by atoms with Gasteiger partial charge >= 0.3 is 0 Å². The van der Waals surface area contributed by atoms with Gasteiger partial charge in [0, 0.05) is 11.9 Å². The van der Waals surface area contributed by atoms with Gasteiger partial charge in [0.05, 0.1) is 11.1 Å². The second-order valence-corrected chi connectivity index (χ2v) is 5.01. The Bertz CT molecular complexity index is 861. The van der Waals surface area contributed by atoms with Gasteiger partial charge in [-0.15, -0.1) is 0 Å². The topological polar surface area (TPSA) is 28.7 Å². The van der Waals surface area contributed by atoms with Gasteiger partial charge in [0.25, 0.3) is 0 Å². The first kappa shape index (κ1) is 13.6. The Morgan fingerprint density at radius 3 is 2.38 bits per heavy atom. The quantitative estimate of drug-likeness (QED) is 0.685. The molecule has 0 saturated carbocycles. The van der Waals surface area contributed by atoms with E-state index in [1.165, 1.54) is 24.3 Å². The lowest BCUT2D eigenvalue weighted by Crippen LogP contribution is -1.99. The van der Waals surface area contributed by atoms with E-state index in [4.69, 9.17) is 11.6 Å². The number of rotatable bonds is 2. The van der Waals surface area contributed by atoms with E-state index in [2.05, 4.69) is 0 Å². The molecule has 0 fully saturated rings. The summed E-state index contributed by atoms with van der Waals surface area (Å²) in [6.45, 7) is 0.378. The van der Waals surface area contributed by atoms with Crippen molar-refractivity contribution in [2.75, 3.05) is 0 Å². The van der Waals surface area contributed by atoms with Crippen LogP contribution in [0.25, 0.3) is 10.9 Å². The molecule has 0 saturated heterocycles.